The predicted molar refractivity (Wildman–Crippen MR) is 112 cm³/mol. The van der Waals surface area contributed by atoms with Gasteiger partial charge in [-0.3, -0.25) is 4.68 Å². The van der Waals surface area contributed by atoms with Crippen LogP contribution < -0.4 is 9.64 Å². The van der Waals surface area contributed by atoms with Crippen molar-refractivity contribution in [3.63, 3.8) is 0 Å². The summed E-state index contributed by atoms with van der Waals surface area (Å²) in [5.41, 5.74) is 1.87. The molecule has 1 aliphatic carbocycles. The number of ether oxygens (including phenoxy) is 1. The minimum absolute atomic E-state index is 0.235. The third-order valence-corrected chi connectivity index (χ3v) is 7.51. The Labute approximate surface area is 175 Å². The summed E-state index contributed by atoms with van der Waals surface area (Å²) in [5, 5.41) is 4.87. The molecule has 30 heavy (non-hydrogen) atoms. The number of hydrogen-bond acceptors (Lipinski definition) is 7. The standard InChI is InChI=1S/C20H24N6O3S/c1-24-12-17(11-23-24)30(27,28)26-8-6-25(7-9-26)16-4-5-19-18(10-16)20(22-14-21-19)29-13-15-2-3-15/h4-5,10-12,14-15H,2-3,6-9,13H2,1H3. The van der Waals surface area contributed by atoms with Crippen molar-refractivity contribution >= 4 is 26.6 Å². The van der Waals surface area contributed by atoms with E-state index in [9.17, 15) is 8.42 Å². The van der Waals surface area contributed by atoms with Crippen molar-refractivity contribution in [2.75, 3.05) is 37.7 Å². The normalized spacial score (nSPS) is 18.1. The summed E-state index contributed by atoms with van der Waals surface area (Å²) >= 11 is 0. The monoisotopic (exact) mass is 428 g/mol. The summed E-state index contributed by atoms with van der Waals surface area (Å²) in [6.45, 7) is 2.76. The summed E-state index contributed by atoms with van der Waals surface area (Å²) in [6, 6.07) is 6.03. The van der Waals surface area contributed by atoms with Crippen LogP contribution in [0.3, 0.4) is 0 Å². The Kier molecular flexibility index (Phi) is 4.82. The van der Waals surface area contributed by atoms with Crippen molar-refractivity contribution in [3.8, 4) is 5.88 Å². The van der Waals surface area contributed by atoms with Crippen LogP contribution in [0.5, 0.6) is 5.88 Å². The van der Waals surface area contributed by atoms with Gasteiger partial charge in [-0.2, -0.15) is 9.40 Å². The zero-order valence-electron chi connectivity index (χ0n) is 16.8. The minimum atomic E-state index is -3.51. The second-order valence-corrected chi connectivity index (χ2v) is 9.81. The van der Waals surface area contributed by atoms with Crippen molar-refractivity contribution in [1.29, 1.82) is 0 Å². The van der Waals surface area contributed by atoms with Gasteiger partial charge in [0.05, 0.1) is 23.7 Å². The second kappa shape index (κ2) is 7.51. The van der Waals surface area contributed by atoms with Gasteiger partial charge in [0.2, 0.25) is 15.9 Å². The molecule has 0 N–H and O–H groups in total. The van der Waals surface area contributed by atoms with Crippen molar-refractivity contribution < 1.29 is 13.2 Å². The Morgan fingerprint density at radius 2 is 1.93 bits per heavy atom. The molecule has 0 amide bonds. The molecule has 0 spiro atoms. The average molecular weight is 429 g/mol. The first kappa shape index (κ1) is 19.3. The maximum Gasteiger partial charge on any atom is 0.246 e. The number of aromatic nitrogens is 4. The minimum Gasteiger partial charge on any atom is -0.477 e. The van der Waals surface area contributed by atoms with E-state index in [2.05, 4.69) is 20.0 Å². The van der Waals surface area contributed by atoms with E-state index in [0.717, 1.165) is 16.6 Å². The molecule has 2 aromatic heterocycles. The van der Waals surface area contributed by atoms with E-state index in [1.54, 1.807) is 7.05 Å². The first-order chi connectivity index (χ1) is 14.5. The molecule has 3 heterocycles. The van der Waals surface area contributed by atoms with Crippen LogP contribution in [0.2, 0.25) is 0 Å². The molecule has 1 saturated carbocycles. The van der Waals surface area contributed by atoms with Gasteiger partial charge in [-0.1, -0.05) is 0 Å². The van der Waals surface area contributed by atoms with Gasteiger partial charge < -0.3 is 9.64 Å². The Morgan fingerprint density at radius 3 is 2.63 bits per heavy atom. The Morgan fingerprint density at radius 1 is 1.13 bits per heavy atom. The largest absolute Gasteiger partial charge is 0.477 e. The number of rotatable bonds is 6. The molecule has 3 aromatic rings. The first-order valence-corrected chi connectivity index (χ1v) is 11.6. The van der Waals surface area contributed by atoms with Gasteiger partial charge in [0.1, 0.15) is 11.2 Å². The number of hydrogen-bond donors (Lipinski definition) is 0. The molecule has 2 fully saturated rings. The third kappa shape index (κ3) is 3.72. The fourth-order valence-electron chi connectivity index (χ4n) is 3.68. The number of sulfonamides is 1. The van der Waals surface area contributed by atoms with Crippen LogP contribution in [-0.4, -0.2) is 65.3 Å². The van der Waals surface area contributed by atoms with Crippen molar-refractivity contribution in [2.24, 2.45) is 13.0 Å². The molecule has 1 aliphatic heterocycles. The number of fused-ring (bicyclic) bond motifs is 1. The van der Waals surface area contributed by atoms with Gasteiger partial charge in [-0.25, -0.2) is 18.4 Å². The number of benzene rings is 1. The van der Waals surface area contributed by atoms with Crippen LogP contribution in [0.15, 0.2) is 41.8 Å². The Bertz CT molecular complexity index is 1170. The van der Waals surface area contributed by atoms with Gasteiger partial charge in [-0.05, 0) is 37.0 Å². The molecule has 5 rings (SSSR count). The zero-order chi connectivity index (χ0) is 20.7. The maximum absolute atomic E-state index is 12.8. The average Bonchev–Trinajstić information content (AvgIpc) is 3.49. The van der Waals surface area contributed by atoms with Crippen LogP contribution in [0.1, 0.15) is 12.8 Å². The number of piperazine rings is 1. The molecular weight excluding hydrogens is 404 g/mol. The van der Waals surface area contributed by atoms with Crippen molar-refractivity contribution in [3.05, 3.63) is 36.9 Å². The summed E-state index contributed by atoms with van der Waals surface area (Å²) in [5.74, 6) is 1.26. The van der Waals surface area contributed by atoms with Gasteiger partial charge in [-0.15, -0.1) is 0 Å². The highest BCUT2D eigenvalue weighted by Gasteiger charge is 2.30. The van der Waals surface area contributed by atoms with Crippen LogP contribution in [0, 0.1) is 5.92 Å². The second-order valence-electron chi connectivity index (χ2n) is 7.88. The number of nitrogens with zero attached hydrogens (tertiary/aromatic N) is 6. The van der Waals surface area contributed by atoms with E-state index in [0.29, 0.717) is 44.6 Å². The lowest BCUT2D eigenvalue weighted by atomic mass is 10.2. The highest BCUT2D eigenvalue weighted by atomic mass is 32.2. The highest BCUT2D eigenvalue weighted by molar-refractivity contribution is 7.89. The molecule has 2 aliphatic rings. The lowest BCUT2D eigenvalue weighted by molar-refractivity contribution is 0.292. The third-order valence-electron chi connectivity index (χ3n) is 5.66. The number of aryl methyl sites for hydroxylation is 1. The molecule has 1 saturated heterocycles. The predicted octanol–water partition coefficient (Wildman–Crippen LogP) is 1.66. The fraction of sp³-hybridized carbons (Fsp3) is 0.450. The summed E-state index contributed by atoms with van der Waals surface area (Å²) in [6.07, 6.45) is 6.91. The summed E-state index contributed by atoms with van der Waals surface area (Å²) < 4.78 is 34.6. The number of anilines is 1. The molecule has 1 aromatic carbocycles. The van der Waals surface area contributed by atoms with Gasteiger partial charge >= 0.3 is 0 Å². The van der Waals surface area contributed by atoms with Crippen molar-refractivity contribution in [1.82, 2.24) is 24.1 Å². The Hall–Kier alpha value is -2.72. The smallest absolute Gasteiger partial charge is 0.246 e. The fourth-order valence-corrected chi connectivity index (χ4v) is 5.09. The van der Waals surface area contributed by atoms with E-state index >= 15 is 0 Å². The van der Waals surface area contributed by atoms with E-state index in [4.69, 9.17) is 4.74 Å². The van der Waals surface area contributed by atoms with E-state index in [1.165, 1.54) is 40.5 Å². The van der Waals surface area contributed by atoms with Crippen LogP contribution in [0.4, 0.5) is 5.69 Å². The molecular formula is C20H24N6O3S. The molecule has 9 nitrogen and oxygen atoms in total. The van der Waals surface area contributed by atoms with Crippen LogP contribution >= 0.6 is 0 Å². The van der Waals surface area contributed by atoms with E-state index in [1.807, 2.05) is 18.2 Å². The SMILES string of the molecule is Cn1cc(S(=O)(=O)N2CCN(c3ccc4ncnc(OCC5CC5)c4c3)CC2)cn1. The summed E-state index contributed by atoms with van der Waals surface area (Å²) in [4.78, 5) is 11.1. The highest BCUT2D eigenvalue weighted by Crippen LogP contribution is 2.32. The molecule has 0 atom stereocenters. The maximum atomic E-state index is 12.8. The topological polar surface area (TPSA) is 93.5 Å². The van der Waals surface area contributed by atoms with Gasteiger partial charge in [0.15, 0.2) is 0 Å². The van der Waals surface area contributed by atoms with E-state index in [-0.39, 0.29) is 4.90 Å². The molecule has 0 radical (unpaired) electrons. The molecule has 10 heteroatoms. The molecule has 0 bridgehead atoms. The van der Waals surface area contributed by atoms with Gasteiger partial charge in [0.25, 0.3) is 0 Å². The molecule has 158 valence electrons. The van der Waals surface area contributed by atoms with Crippen molar-refractivity contribution in [2.45, 2.75) is 17.7 Å². The van der Waals surface area contributed by atoms with E-state index < -0.39 is 10.0 Å². The first-order valence-electron chi connectivity index (χ1n) is 10.1. The van der Waals surface area contributed by atoms with Gasteiger partial charge in [0, 0.05) is 45.1 Å². The quantitative estimate of drug-likeness (QED) is 0.589. The van der Waals surface area contributed by atoms with Crippen LogP contribution in [-0.2, 0) is 17.1 Å². The zero-order valence-corrected chi connectivity index (χ0v) is 17.6. The lowest BCUT2D eigenvalue weighted by Crippen LogP contribution is -2.48. The lowest BCUT2D eigenvalue weighted by Gasteiger charge is -2.35. The molecule has 0 unspecified atom stereocenters. The Balaban J connectivity index is 1.32. The summed E-state index contributed by atoms with van der Waals surface area (Å²) in [7, 11) is -1.80. The van der Waals surface area contributed by atoms with Crippen LogP contribution in [0.25, 0.3) is 10.9 Å².